The lowest BCUT2D eigenvalue weighted by atomic mass is 9.91. The van der Waals surface area contributed by atoms with E-state index in [-0.39, 0.29) is 18.1 Å². The van der Waals surface area contributed by atoms with Gasteiger partial charge in [-0.3, -0.25) is 14.8 Å². The Bertz CT molecular complexity index is 1220. The zero-order valence-corrected chi connectivity index (χ0v) is 15.6. The van der Waals surface area contributed by atoms with E-state index >= 15 is 0 Å². The molecule has 3 aromatic rings. The summed E-state index contributed by atoms with van der Waals surface area (Å²) in [6.45, 7) is 0. The number of hydrogen-bond donors (Lipinski definition) is 2. The Morgan fingerprint density at radius 2 is 2.00 bits per heavy atom. The van der Waals surface area contributed by atoms with Gasteiger partial charge < -0.3 is 16.0 Å². The molecule has 3 N–H and O–H groups in total. The minimum Gasteiger partial charge on any atom is -0.366 e. The zero-order valence-electron chi connectivity index (χ0n) is 15.6. The Morgan fingerprint density at radius 1 is 1.14 bits per heavy atom. The fourth-order valence-electron chi connectivity index (χ4n) is 4.97. The summed E-state index contributed by atoms with van der Waals surface area (Å²) in [5, 5.41) is 4.47. The summed E-state index contributed by atoms with van der Waals surface area (Å²) in [4.78, 5) is 24.2. The van der Waals surface area contributed by atoms with Crippen molar-refractivity contribution in [1.82, 2.24) is 20.2 Å². The van der Waals surface area contributed by atoms with E-state index in [1.807, 2.05) is 48.7 Å². The van der Waals surface area contributed by atoms with Gasteiger partial charge in [-0.25, -0.2) is 0 Å². The second-order valence-corrected chi connectivity index (χ2v) is 7.70. The number of carbonyl (C=O) groups is 1. The Kier molecular flexibility index (Phi) is 3.32. The van der Waals surface area contributed by atoms with E-state index in [0.29, 0.717) is 5.56 Å². The van der Waals surface area contributed by atoms with Crippen molar-refractivity contribution >= 4 is 16.8 Å². The van der Waals surface area contributed by atoms with Gasteiger partial charge in [0.2, 0.25) is 5.91 Å². The van der Waals surface area contributed by atoms with Crippen molar-refractivity contribution in [3.63, 3.8) is 0 Å². The smallest absolute Gasteiger partial charge is 0.249 e. The number of hydrogen-bond acceptors (Lipinski definition) is 5. The van der Waals surface area contributed by atoms with Gasteiger partial charge >= 0.3 is 0 Å². The third-order valence-corrected chi connectivity index (χ3v) is 6.15. The number of nitrogens with zero attached hydrogens (tertiary/aromatic N) is 3. The molecule has 0 spiro atoms. The third-order valence-electron chi connectivity index (χ3n) is 6.15. The van der Waals surface area contributed by atoms with Crippen molar-refractivity contribution in [1.29, 1.82) is 0 Å². The minimum atomic E-state index is -0.431. The number of para-hydroxylation sites is 1. The molecule has 1 saturated heterocycles. The van der Waals surface area contributed by atoms with Crippen LogP contribution in [-0.2, 0) is 0 Å². The average molecular weight is 381 g/mol. The molecule has 1 aromatic carbocycles. The fourth-order valence-corrected chi connectivity index (χ4v) is 4.97. The standard InChI is InChI=1S/C23H19N5O/c24-22(29)19-15-5-1-2-6-17(15)26-12-16(19)21-20(18-7-3-4-10-25-18)27-23-13-8-9-14(11-13)28(21)23/h1-10,12,14,20-21,27H,11H2,(H2,24,29). The molecule has 3 unspecified atom stereocenters. The van der Waals surface area contributed by atoms with Crippen molar-refractivity contribution in [2.75, 3.05) is 0 Å². The molecule has 1 aliphatic carbocycles. The van der Waals surface area contributed by atoms with Gasteiger partial charge in [-0.15, -0.1) is 0 Å². The van der Waals surface area contributed by atoms with Gasteiger partial charge in [0.05, 0.1) is 34.9 Å². The Morgan fingerprint density at radius 3 is 2.83 bits per heavy atom. The first-order valence-corrected chi connectivity index (χ1v) is 9.77. The van der Waals surface area contributed by atoms with Gasteiger partial charge in [-0.2, -0.15) is 0 Å². The van der Waals surface area contributed by atoms with Crippen LogP contribution in [0, 0.1) is 0 Å². The van der Waals surface area contributed by atoms with Crippen LogP contribution in [0.15, 0.2) is 78.4 Å². The van der Waals surface area contributed by atoms with Crippen LogP contribution in [0.4, 0.5) is 0 Å². The Balaban J connectivity index is 1.59. The van der Waals surface area contributed by atoms with Crippen LogP contribution in [0.5, 0.6) is 0 Å². The number of carbonyl (C=O) groups excluding carboxylic acids is 1. The lowest BCUT2D eigenvalue weighted by Gasteiger charge is -2.32. The number of benzene rings is 1. The highest BCUT2D eigenvalue weighted by Gasteiger charge is 2.49. The van der Waals surface area contributed by atoms with E-state index in [1.54, 1.807) is 6.20 Å². The molecule has 2 bridgehead atoms. The zero-order chi connectivity index (χ0) is 19.5. The third kappa shape index (κ3) is 2.26. The maximum absolute atomic E-state index is 12.6. The van der Waals surface area contributed by atoms with Crippen molar-refractivity contribution in [2.45, 2.75) is 24.5 Å². The van der Waals surface area contributed by atoms with Crippen LogP contribution < -0.4 is 11.1 Å². The number of fused-ring (bicyclic) bond motifs is 5. The second kappa shape index (κ2) is 5.91. The van der Waals surface area contributed by atoms with E-state index in [2.05, 4.69) is 32.3 Å². The molecule has 2 aliphatic heterocycles. The number of allylic oxidation sites excluding steroid dienone is 1. The minimum absolute atomic E-state index is 0.0926. The van der Waals surface area contributed by atoms with Crippen molar-refractivity contribution in [3.05, 3.63) is 95.2 Å². The number of rotatable bonds is 3. The summed E-state index contributed by atoms with van der Waals surface area (Å²) in [5.74, 6) is 0.695. The number of amides is 1. The summed E-state index contributed by atoms with van der Waals surface area (Å²) in [6.07, 6.45) is 9.02. The molecule has 29 heavy (non-hydrogen) atoms. The first-order chi connectivity index (χ1) is 14.2. The second-order valence-electron chi connectivity index (χ2n) is 7.70. The molecule has 6 heteroatoms. The summed E-state index contributed by atoms with van der Waals surface area (Å²) in [6, 6.07) is 13.6. The van der Waals surface area contributed by atoms with Crippen LogP contribution in [0.1, 0.15) is 40.1 Å². The van der Waals surface area contributed by atoms with E-state index < -0.39 is 5.91 Å². The Labute approximate surface area is 167 Å². The van der Waals surface area contributed by atoms with E-state index in [1.165, 1.54) is 5.57 Å². The van der Waals surface area contributed by atoms with Crippen LogP contribution >= 0.6 is 0 Å². The molecule has 1 fully saturated rings. The highest BCUT2D eigenvalue weighted by atomic mass is 16.1. The highest BCUT2D eigenvalue weighted by Crippen LogP contribution is 2.51. The largest absolute Gasteiger partial charge is 0.366 e. The number of nitrogens with two attached hydrogens (primary N) is 1. The van der Waals surface area contributed by atoms with Crippen molar-refractivity contribution in [3.8, 4) is 0 Å². The fraction of sp³-hybridized carbons (Fsp3) is 0.174. The lowest BCUT2D eigenvalue weighted by Crippen LogP contribution is -2.32. The summed E-state index contributed by atoms with van der Waals surface area (Å²) in [5.41, 5.74) is 10.3. The molecule has 3 atom stereocenters. The predicted molar refractivity (Wildman–Crippen MR) is 110 cm³/mol. The average Bonchev–Trinajstić information content (AvgIpc) is 3.46. The first kappa shape index (κ1) is 16.3. The number of nitrogens with one attached hydrogen (secondary N) is 1. The van der Waals surface area contributed by atoms with Gasteiger partial charge in [-0.1, -0.05) is 36.4 Å². The number of aromatic nitrogens is 2. The first-order valence-electron chi connectivity index (χ1n) is 9.77. The molecular weight excluding hydrogens is 362 g/mol. The predicted octanol–water partition coefficient (Wildman–Crippen LogP) is 2.97. The molecule has 2 aromatic heterocycles. The van der Waals surface area contributed by atoms with Crippen molar-refractivity contribution in [2.24, 2.45) is 5.73 Å². The van der Waals surface area contributed by atoms with Crippen LogP contribution in [-0.4, -0.2) is 26.8 Å². The molecule has 4 heterocycles. The maximum Gasteiger partial charge on any atom is 0.249 e. The molecule has 6 rings (SSSR count). The SMILES string of the molecule is NC(=O)c1c(C2C(c3ccccn3)NC3=C4C=CC(C4)N32)cnc2ccccc12. The number of pyridine rings is 2. The molecule has 0 radical (unpaired) electrons. The lowest BCUT2D eigenvalue weighted by molar-refractivity contribution is 0.0998. The normalized spacial score (nSPS) is 24.3. The quantitative estimate of drug-likeness (QED) is 0.729. The van der Waals surface area contributed by atoms with Gasteiger partial charge in [0.25, 0.3) is 0 Å². The topological polar surface area (TPSA) is 84.1 Å². The Hall–Kier alpha value is -3.67. The van der Waals surface area contributed by atoms with Gasteiger partial charge in [0, 0.05) is 23.3 Å². The molecule has 3 aliphatic rings. The summed E-state index contributed by atoms with van der Waals surface area (Å²) in [7, 11) is 0. The van der Waals surface area contributed by atoms with E-state index in [0.717, 1.165) is 34.4 Å². The van der Waals surface area contributed by atoms with E-state index in [4.69, 9.17) is 5.73 Å². The summed E-state index contributed by atoms with van der Waals surface area (Å²) >= 11 is 0. The van der Waals surface area contributed by atoms with E-state index in [9.17, 15) is 4.79 Å². The monoisotopic (exact) mass is 381 g/mol. The highest BCUT2D eigenvalue weighted by molar-refractivity contribution is 6.06. The van der Waals surface area contributed by atoms with Crippen LogP contribution in [0.3, 0.4) is 0 Å². The van der Waals surface area contributed by atoms with Crippen LogP contribution in [0.25, 0.3) is 10.9 Å². The molecule has 6 nitrogen and oxygen atoms in total. The van der Waals surface area contributed by atoms with Crippen molar-refractivity contribution < 1.29 is 4.79 Å². The van der Waals surface area contributed by atoms with Gasteiger partial charge in [-0.05, 0) is 30.2 Å². The molecule has 0 saturated carbocycles. The molecule has 1 amide bonds. The van der Waals surface area contributed by atoms with Gasteiger partial charge in [0.15, 0.2) is 0 Å². The number of primary amides is 1. The summed E-state index contributed by atoms with van der Waals surface area (Å²) < 4.78 is 0. The molecular formula is C23H19N5O. The van der Waals surface area contributed by atoms with Crippen LogP contribution in [0.2, 0.25) is 0 Å². The maximum atomic E-state index is 12.6. The molecule has 142 valence electrons. The van der Waals surface area contributed by atoms with Gasteiger partial charge in [0.1, 0.15) is 5.82 Å².